The van der Waals surface area contributed by atoms with E-state index in [9.17, 15) is 8.42 Å². The molecule has 0 amide bonds. The van der Waals surface area contributed by atoms with Gasteiger partial charge in [-0.15, -0.1) is 0 Å². The number of ether oxygens (including phenoxy) is 2. The Bertz CT molecular complexity index is 886. The molecule has 1 atom stereocenters. The Kier molecular flexibility index (Phi) is 5.43. The molecule has 2 aromatic rings. The van der Waals surface area contributed by atoms with Crippen LogP contribution in [0.25, 0.3) is 0 Å². The molecule has 0 saturated heterocycles. The van der Waals surface area contributed by atoms with E-state index >= 15 is 0 Å². The van der Waals surface area contributed by atoms with Crippen molar-refractivity contribution in [2.75, 3.05) is 13.2 Å². The molecule has 5 nitrogen and oxygen atoms in total. The van der Waals surface area contributed by atoms with Crippen LogP contribution in [0.4, 0.5) is 0 Å². The summed E-state index contributed by atoms with van der Waals surface area (Å²) in [5, 5.41) is 0.786. The van der Waals surface area contributed by atoms with Gasteiger partial charge >= 0.3 is 0 Å². The standard InChI is InChI=1S/C17H17Cl2NO4S/c1-11(12-3-5-16-17(8-12)24-7-6-23-16)20-25(21,22)10-13-2-4-14(18)9-15(13)19/h2-5,8-9,11,20H,6-7,10H2,1H3/t11-/m0/s1. The quantitative estimate of drug-likeness (QED) is 0.823. The molecule has 0 spiro atoms. The second kappa shape index (κ2) is 7.41. The van der Waals surface area contributed by atoms with E-state index < -0.39 is 16.1 Å². The van der Waals surface area contributed by atoms with Crippen LogP contribution in [-0.2, 0) is 15.8 Å². The highest BCUT2D eigenvalue weighted by molar-refractivity contribution is 7.88. The molecule has 25 heavy (non-hydrogen) atoms. The SMILES string of the molecule is C[C@H](NS(=O)(=O)Cc1ccc(Cl)cc1Cl)c1ccc2c(c1)OCCO2. The normalized spacial score (nSPS) is 15.0. The molecule has 1 heterocycles. The van der Waals surface area contributed by atoms with Crippen molar-refractivity contribution >= 4 is 33.2 Å². The zero-order valence-corrected chi connectivity index (χ0v) is 15.8. The number of halogens is 2. The fourth-order valence-electron chi connectivity index (χ4n) is 2.55. The summed E-state index contributed by atoms with van der Waals surface area (Å²) >= 11 is 11.9. The van der Waals surface area contributed by atoms with Crippen LogP contribution in [-0.4, -0.2) is 21.6 Å². The van der Waals surface area contributed by atoms with Crippen LogP contribution >= 0.6 is 23.2 Å². The van der Waals surface area contributed by atoms with Gasteiger partial charge in [-0.1, -0.05) is 35.3 Å². The van der Waals surface area contributed by atoms with Crippen molar-refractivity contribution in [2.45, 2.75) is 18.7 Å². The van der Waals surface area contributed by atoms with Crippen molar-refractivity contribution in [3.63, 3.8) is 0 Å². The summed E-state index contributed by atoms with van der Waals surface area (Å²) in [6.07, 6.45) is 0. The summed E-state index contributed by atoms with van der Waals surface area (Å²) in [6.45, 7) is 2.76. The number of nitrogens with one attached hydrogen (secondary N) is 1. The van der Waals surface area contributed by atoms with Gasteiger partial charge in [-0.2, -0.15) is 0 Å². The van der Waals surface area contributed by atoms with Crippen LogP contribution in [0.1, 0.15) is 24.1 Å². The van der Waals surface area contributed by atoms with Gasteiger partial charge in [0.25, 0.3) is 0 Å². The van der Waals surface area contributed by atoms with Crippen molar-refractivity contribution in [3.05, 3.63) is 57.6 Å². The molecule has 2 aromatic carbocycles. The summed E-state index contributed by atoms with van der Waals surface area (Å²) in [7, 11) is -3.59. The third-order valence-corrected chi connectivity index (χ3v) is 5.77. The lowest BCUT2D eigenvalue weighted by Crippen LogP contribution is -2.28. The van der Waals surface area contributed by atoms with E-state index in [0.29, 0.717) is 40.3 Å². The highest BCUT2D eigenvalue weighted by Crippen LogP contribution is 2.33. The molecule has 134 valence electrons. The first kappa shape index (κ1) is 18.3. The Morgan fingerprint density at radius 3 is 2.52 bits per heavy atom. The summed E-state index contributed by atoms with van der Waals surface area (Å²) < 4.78 is 38.6. The Hall–Kier alpha value is -1.47. The van der Waals surface area contributed by atoms with Gasteiger partial charge in [-0.3, -0.25) is 0 Å². The monoisotopic (exact) mass is 401 g/mol. The van der Waals surface area contributed by atoms with E-state index in [1.165, 1.54) is 6.07 Å². The summed E-state index contributed by atoms with van der Waals surface area (Å²) in [5.41, 5.74) is 1.28. The topological polar surface area (TPSA) is 64.6 Å². The molecular weight excluding hydrogens is 385 g/mol. The molecule has 0 bridgehead atoms. The maximum atomic E-state index is 12.5. The van der Waals surface area contributed by atoms with Gasteiger partial charge in [0.1, 0.15) is 13.2 Å². The fraction of sp³-hybridized carbons (Fsp3) is 0.294. The van der Waals surface area contributed by atoms with Crippen molar-refractivity contribution in [1.29, 1.82) is 0 Å². The minimum Gasteiger partial charge on any atom is -0.486 e. The number of hydrogen-bond acceptors (Lipinski definition) is 4. The lowest BCUT2D eigenvalue weighted by molar-refractivity contribution is 0.171. The van der Waals surface area contributed by atoms with Crippen molar-refractivity contribution < 1.29 is 17.9 Å². The highest BCUT2D eigenvalue weighted by Gasteiger charge is 2.20. The molecule has 8 heteroatoms. The molecule has 0 aromatic heterocycles. The van der Waals surface area contributed by atoms with Gasteiger partial charge < -0.3 is 9.47 Å². The largest absolute Gasteiger partial charge is 0.486 e. The Morgan fingerprint density at radius 2 is 1.80 bits per heavy atom. The van der Waals surface area contributed by atoms with Crippen LogP contribution in [0.5, 0.6) is 11.5 Å². The van der Waals surface area contributed by atoms with E-state index in [0.717, 1.165) is 5.56 Å². The molecular formula is C17H17Cl2NO4S. The summed E-state index contributed by atoms with van der Waals surface area (Å²) in [6, 6.07) is 9.71. The van der Waals surface area contributed by atoms with Gasteiger partial charge in [-0.25, -0.2) is 13.1 Å². The zero-order chi connectivity index (χ0) is 18.0. The maximum absolute atomic E-state index is 12.5. The van der Waals surface area contributed by atoms with Gasteiger partial charge in [0.2, 0.25) is 10.0 Å². The van der Waals surface area contributed by atoms with Gasteiger partial charge in [0.15, 0.2) is 11.5 Å². The first-order valence-corrected chi connectivity index (χ1v) is 10.1. The van der Waals surface area contributed by atoms with Crippen LogP contribution < -0.4 is 14.2 Å². The van der Waals surface area contributed by atoms with Crippen molar-refractivity contribution in [2.24, 2.45) is 0 Å². The molecule has 0 fully saturated rings. The van der Waals surface area contributed by atoms with Crippen LogP contribution in [0.2, 0.25) is 10.0 Å². The maximum Gasteiger partial charge on any atom is 0.216 e. The summed E-state index contributed by atoms with van der Waals surface area (Å²) in [4.78, 5) is 0. The van der Waals surface area contributed by atoms with Gasteiger partial charge in [0, 0.05) is 16.1 Å². The van der Waals surface area contributed by atoms with E-state index in [4.69, 9.17) is 32.7 Å². The van der Waals surface area contributed by atoms with Gasteiger partial charge in [0.05, 0.1) is 5.75 Å². The zero-order valence-electron chi connectivity index (χ0n) is 13.5. The number of hydrogen-bond donors (Lipinski definition) is 1. The number of fused-ring (bicyclic) bond motifs is 1. The average molecular weight is 402 g/mol. The summed E-state index contributed by atoms with van der Waals surface area (Å²) in [5.74, 6) is 1.06. The molecule has 0 unspecified atom stereocenters. The molecule has 3 rings (SSSR count). The Balaban J connectivity index is 1.73. The van der Waals surface area contributed by atoms with Crippen molar-refractivity contribution in [3.8, 4) is 11.5 Å². The Morgan fingerprint density at radius 1 is 1.08 bits per heavy atom. The van der Waals surface area contributed by atoms with E-state index in [-0.39, 0.29) is 5.75 Å². The lowest BCUT2D eigenvalue weighted by atomic mass is 10.1. The first-order valence-electron chi connectivity index (χ1n) is 7.67. The first-order chi connectivity index (χ1) is 11.8. The van der Waals surface area contributed by atoms with Crippen LogP contribution in [0.15, 0.2) is 36.4 Å². The fourth-order valence-corrected chi connectivity index (χ4v) is 4.53. The number of rotatable bonds is 5. The van der Waals surface area contributed by atoms with E-state index in [2.05, 4.69) is 4.72 Å². The highest BCUT2D eigenvalue weighted by atomic mass is 35.5. The van der Waals surface area contributed by atoms with Gasteiger partial charge in [-0.05, 0) is 42.3 Å². The minimum atomic E-state index is -3.59. The van der Waals surface area contributed by atoms with Crippen molar-refractivity contribution in [1.82, 2.24) is 4.72 Å². The third-order valence-electron chi connectivity index (χ3n) is 3.78. The second-order valence-electron chi connectivity index (χ2n) is 5.74. The van der Waals surface area contributed by atoms with Crippen LogP contribution in [0.3, 0.4) is 0 Å². The van der Waals surface area contributed by atoms with Crippen LogP contribution in [0, 0.1) is 0 Å². The third kappa shape index (κ3) is 4.58. The molecule has 1 aliphatic heterocycles. The molecule has 1 N–H and O–H groups in total. The Labute approximate surface area is 156 Å². The molecule has 0 aliphatic carbocycles. The second-order valence-corrected chi connectivity index (χ2v) is 8.33. The molecule has 1 aliphatic rings. The minimum absolute atomic E-state index is 0.224. The average Bonchev–Trinajstić information content (AvgIpc) is 2.56. The predicted octanol–water partition coefficient (Wildman–Crippen LogP) is 3.95. The number of sulfonamides is 1. The molecule has 0 saturated carbocycles. The lowest BCUT2D eigenvalue weighted by Gasteiger charge is -2.21. The van der Waals surface area contributed by atoms with E-state index in [1.54, 1.807) is 31.2 Å². The number of benzene rings is 2. The predicted molar refractivity (Wildman–Crippen MR) is 98.1 cm³/mol. The molecule has 0 radical (unpaired) electrons. The smallest absolute Gasteiger partial charge is 0.216 e. The van der Waals surface area contributed by atoms with E-state index in [1.807, 2.05) is 6.07 Å².